The van der Waals surface area contributed by atoms with Crippen molar-refractivity contribution >= 4 is 16.7 Å². The summed E-state index contributed by atoms with van der Waals surface area (Å²) in [7, 11) is 1.53. The molecule has 2 aromatic heterocycles. The maximum Gasteiger partial charge on any atom is 0.433 e. The third-order valence-corrected chi connectivity index (χ3v) is 5.55. The number of carbonyl (C=O) groups excluding carboxylic acids is 1. The standard InChI is InChI=1S/C24H21F3N4O3/c1-28-22(33)16-4-2-3-14(9-16)12-31-13-17(7-8-32)19-10-15(5-6-18(19)23(31)34)20-11-29-30-21(20)24(25,26)27/h2-6,9-11,13,32H,7-8,12H2,1H3,(H,28,33)(H,29,30). The van der Waals surface area contributed by atoms with E-state index in [0.29, 0.717) is 21.9 Å². The van der Waals surface area contributed by atoms with Crippen molar-refractivity contribution in [2.24, 2.45) is 0 Å². The second-order valence-corrected chi connectivity index (χ2v) is 7.76. The summed E-state index contributed by atoms with van der Waals surface area (Å²) in [6, 6.07) is 11.3. The first-order valence-electron chi connectivity index (χ1n) is 10.4. The summed E-state index contributed by atoms with van der Waals surface area (Å²) in [5, 5.41) is 18.4. The van der Waals surface area contributed by atoms with Gasteiger partial charge in [-0.05, 0) is 52.8 Å². The molecule has 0 fully saturated rings. The Balaban J connectivity index is 1.81. The second kappa shape index (κ2) is 9.14. The minimum absolute atomic E-state index is 0.125. The largest absolute Gasteiger partial charge is 0.433 e. The number of aromatic nitrogens is 3. The SMILES string of the molecule is CNC(=O)c1cccc(Cn2cc(CCO)c3cc(-c4cn[nH]c4C(F)(F)F)ccc3c2=O)c1. The van der Waals surface area contributed by atoms with E-state index in [2.05, 4.69) is 10.4 Å². The number of pyridine rings is 1. The Morgan fingerprint density at radius 1 is 1.18 bits per heavy atom. The fourth-order valence-electron chi connectivity index (χ4n) is 3.95. The molecule has 0 bridgehead atoms. The van der Waals surface area contributed by atoms with E-state index in [1.807, 2.05) is 5.10 Å². The zero-order valence-corrected chi connectivity index (χ0v) is 18.1. The van der Waals surface area contributed by atoms with Crippen molar-refractivity contribution in [1.82, 2.24) is 20.1 Å². The monoisotopic (exact) mass is 470 g/mol. The molecule has 10 heteroatoms. The van der Waals surface area contributed by atoms with Gasteiger partial charge in [0.2, 0.25) is 0 Å². The average Bonchev–Trinajstić information content (AvgIpc) is 3.32. The number of aliphatic hydroxyl groups excluding tert-OH is 1. The van der Waals surface area contributed by atoms with E-state index >= 15 is 0 Å². The van der Waals surface area contributed by atoms with E-state index in [0.717, 1.165) is 11.8 Å². The van der Waals surface area contributed by atoms with Gasteiger partial charge in [0.25, 0.3) is 11.5 Å². The number of alkyl halides is 3. The lowest BCUT2D eigenvalue weighted by atomic mass is 9.98. The van der Waals surface area contributed by atoms with Crippen LogP contribution in [0.2, 0.25) is 0 Å². The van der Waals surface area contributed by atoms with Gasteiger partial charge in [0.1, 0.15) is 5.69 Å². The number of nitrogens with zero attached hydrogens (tertiary/aromatic N) is 2. The van der Waals surface area contributed by atoms with Gasteiger partial charge in [-0.15, -0.1) is 0 Å². The smallest absolute Gasteiger partial charge is 0.396 e. The fraction of sp³-hybridized carbons (Fsp3) is 0.208. The molecular formula is C24H21F3N4O3. The van der Waals surface area contributed by atoms with Gasteiger partial charge in [0.15, 0.2) is 0 Å². The predicted molar refractivity (Wildman–Crippen MR) is 121 cm³/mol. The zero-order valence-electron chi connectivity index (χ0n) is 18.1. The van der Waals surface area contributed by atoms with Crippen molar-refractivity contribution in [3.63, 3.8) is 0 Å². The Labute approximate surface area is 191 Å². The first-order chi connectivity index (χ1) is 16.2. The van der Waals surface area contributed by atoms with Crippen molar-refractivity contribution in [2.45, 2.75) is 19.1 Å². The zero-order chi connectivity index (χ0) is 24.5. The number of aliphatic hydroxyl groups is 1. The second-order valence-electron chi connectivity index (χ2n) is 7.76. The molecule has 0 radical (unpaired) electrons. The van der Waals surface area contributed by atoms with Crippen LogP contribution < -0.4 is 10.9 Å². The number of H-pyrrole nitrogens is 1. The molecule has 4 aromatic rings. The number of rotatable bonds is 6. The van der Waals surface area contributed by atoms with Crippen molar-refractivity contribution in [1.29, 1.82) is 0 Å². The van der Waals surface area contributed by atoms with Gasteiger partial charge < -0.3 is 15.0 Å². The molecule has 3 N–H and O–H groups in total. The van der Waals surface area contributed by atoms with Gasteiger partial charge in [-0.2, -0.15) is 18.3 Å². The molecule has 0 spiro atoms. The lowest BCUT2D eigenvalue weighted by Gasteiger charge is -2.14. The summed E-state index contributed by atoms with van der Waals surface area (Å²) in [4.78, 5) is 25.1. The number of carbonyl (C=O) groups is 1. The summed E-state index contributed by atoms with van der Waals surface area (Å²) in [5.74, 6) is -0.251. The number of nitrogens with one attached hydrogen (secondary N) is 2. The highest BCUT2D eigenvalue weighted by molar-refractivity contribution is 5.94. The molecule has 176 valence electrons. The normalized spacial score (nSPS) is 11.7. The van der Waals surface area contributed by atoms with Crippen LogP contribution in [0, 0.1) is 0 Å². The molecule has 2 heterocycles. The van der Waals surface area contributed by atoms with E-state index in [9.17, 15) is 27.9 Å². The van der Waals surface area contributed by atoms with E-state index < -0.39 is 11.9 Å². The van der Waals surface area contributed by atoms with Gasteiger partial charge in [-0.3, -0.25) is 14.7 Å². The average molecular weight is 470 g/mol. The summed E-state index contributed by atoms with van der Waals surface area (Å²) in [6.07, 6.45) is -1.72. The van der Waals surface area contributed by atoms with Crippen LogP contribution in [0.4, 0.5) is 13.2 Å². The lowest BCUT2D eigenvalue weighted by molar-refractivity contribution is -0.140. The lowest BCUT2D eigenvalue weighted by Crippen LogP contribution is -2.22. The van der Waals surface area contributed by atoms with Crippen molar-refractivity contribution < 1.29 is 23.1 Å². The topological polar surface area (TPSA) is 100 Å². The third kappa shape index (κ3) is 4.44. The quantitative estimate of drug-likeness (QED) is 0.402. The van der Waals surface area contributed by atoms with Crippen LogP contribution in [0.5, 0.6) is 0 Å². The van der Waals surface area contributed by atoms with Crippen molar-refractivity contribution in [3.05, 3.63) is 87.6 Å². The number of fused-ring (bicyclic) bond motifs is 1. The van der Waals surface area contributed by atoms with Crippen molar-refractivity contribution in [2.75, 3.05) is 13.7 Å². The van der Waals surface area contributed by atoms with Crippen LogP contribution >= 0.6 is 0 Å². The molecule has 0 saturated carbocycles. The van der Waals surface area contributed by atoms with Crippen LogP contribution in [-0.4, -0.2) is 39.4 Å². The molecule has 0 aliphatic carbocycles. The fourth-order valence-corrected chi connectivity index (χ4v) is 3.95. The highest BCUT2D eigenvalue weighted by atomic mass is 19.4. The molecule has 0 aliphatic rings. The Morgan fingerprint density at radius 3 is 2.68 bits per heavy atom. The maximum absolute atomic E-state index is 13.3. The minimum Gasteiger partial charge on any atom is -0.396 e. The number of amides is 1. The molecule has 1 amide bonds. The number of hydrogen-bond donors (Lipinski definition) is 3. The Bertz CT molecular complexity index is 1420. The van der Waals surface area contributed by atoms with E-state index in [1.54, 1.807) is 30.5 Å². The first-order valence-corrected chi connectivity index (χ1v) is 10.4. The molecule has 7 nitrogen and oxygen atoms in total. The molecule has 4 rings (SSSR count). The number of halogens is 3. The molecular weight excluding hydrogens is 449 g/mol. The minimum atomic E-state index is -4.61. The van der Waals surface area contributed by atoms with Crippen LogP contribution in [0.1, 0.15) is 27.2 Å². The van der Waals surface area contributed by atoms with Gasteiger partial charge in [0, 0.05) is 36.4 Å². The Kier molecular flexibility index (Phi) is 6.25. The summed E-state index contributed by atoms with van der Waals surface area (Å²) in [6.45, 7) is -0.0249. The van der Waals surface area contributed by atoms with E-state index in [1.165, 1.54) is 29.8 Å². The number of benzene rings is 2. The van der Waals surface area contributed by atoms with Crippen molar-refractivity contribution in [3.8, 4) is 11.1 Å². The Hall–Kier alpha value is -3.92. The summed E-state index contributed by atoms with van der Waals surface area (Å²) in [5.41, 5.74) is 0.606. The van der Waals surface area contributed by atoms with Gasteiger partial charge in [-0.25, -0.2) is 0 Å². The molecule has 0 unspecified atom stereocenters. The highest BCUT2D eigenvalue weighted by Crippen LogP contribution is 2.36. The summed E-state index contributed by atoms with van der Waals surface area (Å²) < 4.78 is 41.4. The van der Waals surface area contributed by atoms with E-state index in [4.69, 9.17) is 0 Å². The van der Waals surface area contributed by atoms with Gasteiger partial charge in [-0.1, -0.05) is 18.2 Å². The van der Waals surface area contributed by atoms with Gasteiger partial charge in [0.05, 0.1) is 12.7 Å². The molecule has 34 heavy (non-hydrogen) atoms. The Morgan fingerprint density at radius 2 is 1.97 bits per heavy atom. The van der Waals surface area contributed by atoms with E-state index in [-0.39, 0.29) is 42.2 Å². The first kappa shape index (κ1) is 23.2. The predicted octanol–water partition coefficient (Wildman–Crippen LogP) is 3.35. The highest BCUT2D eigenvalue weighted by Gasteiger charge is 2.36. The summed E-state index contributed by atoms with van der Waals surface area (Å²) >= 11 is 0. The number of hydrogen-bond acceptors (Lipinski definition) is 4. The van der Waals surface area contributed by atoms with Crippen LogP contribution in [0.15, 0.2) is 59.7 Å². The maximum atomic E-state index is 13.3. The number of aromatic amines is 1. The van der Waals surface area contributed by atoms with Gasteiger partial charge >= 0.3 is 6.18 Å². The van der Waals surface area contributed by atoms with Crippen LogP contribution in [0.25, 0.3) is 21.9 Å². The van der Waals surface area contributed by atoms with Crippen LogP contribution in [-0.2, 0) is 19.1 Å². The molecule has 0 atom stereocenters. The molecule has 0 aliphatic heterocycles. The third-order valence-electron chi connectivity index (χ3n) is 5.55. The molecule has 0 saturated heterocycles. The molecule has 2 aromatic carbocycles. The van der Waals surface area contributed by atoms with Crippen LogP contribution in [0.3, 0.4) is 0 Å².